The van der Waals surface area contributed by atoms with Crippen LogP contribution in [0, 0.1) is 19.8 Å². The molecule has 3 aromatic rings. The van der Waals surface area contributed by atoms with Crippen LogP contribution in [0.15, 0.2) is 67.4 Å². The highest BCUT2D eigenvalue weighted by Gasteiger charge is 2.25. The van der Waals surface area contributed by atoms with Gasteiger partial charge in [-0.15, -0.1) is 0 Å². The molecule has 0 radical (unpaired) electrons. The fourth-order valence-electron chi connectivity index (χ4n) is 5.34. The zero-order chi connectivity index (χ0) is 28.6. The summed E-state index contributed by atoms with van der Waals surface area (Å²) in [5, 5.41) is 8.65. The third-order valence-electron chi connectivity index (χ3n) is 7.66. The Balaban J connectivity index is 1.37. The van der Waals surface area contributed by atoms with E-state index in [-0.39, 0.29) is 11.8 Å². The first-order valence-corrected chi connectivity index (χ1v) is 14.0. The summed E-state index contributed by atoms with van der Waals surface area (Å²) in [6.07, 6.45) is 11.8. The predicted molar refractivity (Wildman–Crippen MR) is 161 cm³/mol. The molecule has 1 aliphatic rings. The minimum Gasteiger partial charge on any atom is -0.383 e. The third kappa shape index (κ3) is 6.59. The number of piperidine rings is 1. The topological polar surface area (TPSA) is 76.5 Å². The van der Waals surface area contributed by atoms with E-state index in [0.717, 1.165) is 71.2 Å². The van der Waals surface area contributed by atoms with Crippen LogP contribution >= 0.6 is 0 Å². The molecule has 0 spiro atoms. The molecule has 0 aliphatic carbocycles. The fraction of sp³-hybridized carbons (Fsp3) is 0.364. The van der Waals surface area contributed by atoms with Crippen LogP contribution in [0.4, 0.5) is 0 Å². The lowest BCUT2D eigenvalue weighted by molar-refractivity contribution is 0.0681. The van der Waals surface area contributed by atoms with Crippen LogP contribution < -0.4 is 5.32 Å². The number of ether oxygens (including phenoxy) is 1. The number of methoxy groups -OCH3 is 1. The van der Waals surface area contributed by atoms with Crippen LogP contribution in [0.5, 0.6) is 0 Å². The van der Waals surface area contributed by atoms with Gasteiger partial charge in [-0.3, -0.25) is 14.3 Å². The van der Waals surface area contributed by atoms with E-state index in [1.165, 1.54) is 0 Å². The first-order chi connectivity index (χ1) is 19.4. The lowest BCUT2D eigenvalue weighted by atomic mass is 9.95. The standard InChI is InChI=1S/C33H40N4O3/c1-6-8-9-26(7-2)28-11-10-27(20-23(28)3)33(39)36-17-14-25(15-18-36)21-37-22-30-24(4)29(12-13-31(30)35-37)32(38)34-16-19-40-5/h6-13,20,22,25H,2,14-19,21H2,1,3-5H3,(H,34,38)/b8-6-,26-9+. The Kier molecular flexibility index (Phi) is 9.72. The number of carbonyl (C=O) groups is 2. The van der Waals surface area contributed by atoms with E-state index in [9.17, 15) is 9.59 Å². The van der Waals surface area contributed by atoms with Crippen molar-refractivity contribution < 1.29 is 14.3 Å². The molecule has 0 saturated carbocycles. The van der Waals surface area contributed by atoms with E-state index in [1.807, 2.05) is 91.2 Å². The van der Waals surface area contributed by atoms with Crippen LogP contribution in [0.1, 0.15) is 57.2 Å². The molecule has 7 nitrogen and oxygen atoms in total. The summed E-state index contributed by atoms with van der Waals surface area (Å²) in [4.78, 5) is 27.8. The van der Waals surface area contributed by atoms with Gasteiger partial charge in [0, 0.05) is 56.0 Å². The minimum absolute atomic E-state index is 0.0856. The Morgan fingerprint density at radius 2 is 1.90 bits per heavy atom. The second-order valence-corrected chi connectivity index (χ2v) is 10.4. The van der Waals surface area contributed by atoms with Crippen molar-refractivity contribution in [2.75, 3.05) is 33.4 Å². The van der Waals surface area contributed by atoms with Crippen molar-refractivity contribution in [2.24, 2.45) is 5.92 Å². The number of rotatable bonds is 10. The fourth-order valence-corrected chi connectivity index (χ4v) is 5.34. The Morgan fingerprint density at radius 1 is 1.15 bits per heavy atom. The van der Waals surface area contributed by atoms with Crippen molar-refractivity contribution in [1.29, 1.82) is 0 Å². The summed E-state index contributed by atoms with van der Waals surface area (Å²) in [5.41, 5.74) is 6.39. The number of carbonyl (C=O) groups excluding carboxylic acids is 2. The van der Waals surface area contributed by atoms with Gasteiger partial charge in [0.25, 0.3) is 11.8 Å². The largest absolute Gasteiger partial charge is 0.383 e. The highest BCUT2D eigenvalue weighted by Crippen LogP contribution is 2.26. The van der Waals surface area contributed by atoms with Gasteiger partial charge in [-0.05, 0) is 86.1 Å². The molecule has 1 saturated heterocycles. The molecule has 0 bridgehead atoms. The number of nitrogens with one attached hydrogen (secondary N) is 1. The molecule has 40 heavy (non-hydrogen) atoms. The van der Waals surface area contributed by atoms with E-state index in [4.69, 9.17) is 9.84 Å². The van der Waals surface area contributed by atoms with Gasteiger partial charge in [-0.2, -0.15) is 5.10 Å². The van der Waals surface area contributed by atoms with Gasteiger partial charge in [0.05, 0.1) is 12.1 Å². The summed E-state index contributed by atoms with van der Waals surface area (Å²) < 4.78 is 7.01. The number of aryl methyl sites for hydroxylation is 2. The van der Waals surface area contributed by atoms with Crippen LogP contribution in [-0.4, -0.2) is 59.8 Å². The van der Waals surface area contributed by atoms with E-state index in [0.29, 0.717) is 24.6 Å². The van der Waals surface area contributed by atoms with E-state index >= 15 is 0 Å². The van der Waals surface area contributed by atoms with Gasteiger partial charge in [-0.1, -0.05) is 36.9 Å². The number of aromatic nitrogens is 2. The molecule has 1 fully saturated rings. The second-order valence-electron chi connectivity index (χ2n) is 10.4. The van der Waals surface area contributed by atoms with Crippen molar-refractivity contribution in [2.45, 2.75) is 40.2 Å². The molecule has 2 heterocycles. The minimum atomic E-state index is -0.0997. The molecular weight excluding hydrogens is 500 g/mol. The van der Waals surface area contributed by atoms with Crippen molar-refractivity contribution in [1.82, 2.24) is 20.0 Å². The maximum atomic E-state index is 13.3. The summed E-state index contributed by atoms with van der Waals surface area (Å²) >= 11 is 0. The molecule has 1 aromatic heterocycles. The van der Waals surface area contributed by atoms with Crippen molar-refractivity contribution in [3.05, 3.63) is 95.2 Å². The average Bonchev–Trinajstić information content (AvgIpc) is 3.37. The summed E-state index contributed by atoms with van der Waals surface area (Å²) in [5.74, 6) is 0.422. The Morgan fingerprint density at radius 3 is 2.58 bits per heavy atom. The third-order valence-corrected chi connectivity index (χ3v) is 7.66. The maximum absolute atomic E-state index is 13.3. The zero-order valence-electron chi connectivity index (χ0n) is 24.1. The maximum Gasteiger partial charge on any atom is 0.253 e. The number of benzene rings is 2. The van der Waals surface area contributed by atoms with Crippen LogP contribution in [0.2, 0.25) is 0 Å². The Hall–Kier alpha value is -3.97. The summed E-state index contributed by atoms with van der Waals surface area (Å²) in [7, 11) is 1.61. The number of fused-ring (bicyclic) bond motifs is 1. The van der Waals surface area contributed by atoms with Crippen LogP contribution in [-0.2, 0) is 11.3 Å². The van der Waals surface area contributed by atoms with Gasteiger partial charge in [0.1, 0.15) is 0 Å². The Bertz CT molecular complexity index is 1440. The molecule has 0 atom stereocenters. The van der Waals surface area contributed by atoms with Gasteiger partial charge in [0.2, 0.25) is 0 Å². The molecular formula is C33H40N4O3. The van der Waals surface area contributed by atoms with Gasteiger partial charge in [0.15, 0.2) is 0 Å². The molecule has 1 aliphatic heterocycles. The normalized spacial score (nSPS) is 14.7. The number of hydrogen-bond acceptors (Lipinski definition) is 4. The molecule has 2 aromatic carbocycles. The molecule has 4 rings (SSSR count). The van der Waals surface area contributed by atoms with Gasteiger partial charge in [-0.25, -0.2) is 0 Å². The first kappa shape index (κ1) is 29.0. The highest BCUT2D eigenvalue weighted by molar-refractivity contribution is 6.00. The SMILES string of the molecule is C=C/C(=C\C=C/C)c1ccc(C(=O)N2CCC(Cn3cc4c(C)c(C(=O)NCCOC)ccc4n3)CC2)cc1C. The molecule has 210 valence electrons. The van der Waals surface area contributed by atoms with E-state index in [2.05, 4.69) is 11.9 Å². The zero-order valence-corrected chi connectivity index (χ0v) is 24.1. The van der Waals surface area contributed by atoms with Crippen molar-refractivity contribution >= 4 is 28.3 Å². The molecule has 2 amide bonds. The number of likely N-dealkylation sites (tertiary alicyclic amines) is 1. The Labute approximate surface area is 237 Å². The van der Waals surface area contributed by atoms with E-state index < -0.39 is 0 Å². The number of allylic oxidation sites excluding steroid dienone is 5. The smallest absolute Gasteiger partial charge is 0.253 e. The van der Waals surface area contributed by atoms with Crippen molar-refractivity contribution in [3.63, 3.8) is 0 Å². The summed E-state index contributed by atoms with van der Waals surface area (Å²) in [6.45, 7) is 13.1. The first-order valence-electron chi connectivity index (χ1n) is 14.0. The lowest BCUT2D eigenvalue weighted by Crippen LogP contribution is -2.39. The van der Waals surface area contributed by atoms with Crippen molar-refractivity contribution in [3.8, 4) is 0 Å². The van der Waals surface area contributed by atoms with Gasteiger partial charge >= 0.3 is 0 Å². The van der Waals surface area contributed by atoms with E-state index in [1.54, 1.807) is 7.11 Å². The van der Waals surface area contributed by atoms with Crippen LogP contribution in [0.25, 0.3) is 16.5 Å². The highest BCUT2D eigenvalue weighted by atomic mass is 16.5. The quantitative estimate of drug-likeness (QED) is 0.263. The monoisotopic (exact) mass is 540 g/mol. The predicted octanol–water partition coefficient (Wildman–Crippen LogP) is 5.73. The summed E-state index contributed by atoms with van der Waals surface area (Å²) in [6, 6.07) is 9.68. The van der Waals surface area contributed by atoms with Crippen LogP contribution in [0.3, 0.4) is 0 Å². The number of hydrogen-bond donors (Lipinski definition) is 1. The second kappa shape index (κ2) is 13.4. The number of amides is 2. The average molecular weight is 541 g/mol. The van der Waals surface area contributed by atoms with Gasteiger partial charge < -0.3 is 15.0 Å². The molecule has 0 unspecified atom stereocenters. The number of nitrogens with zero attached hydrogens (tertiary/aromatic N) is 3. The lowest BCUT2D eigenvalue weighted by Gasteiger charge is -2.32. The molecule has 1 N–H and O–H groups in total. The molecule has 7 heteroatoms.